The molecule has 0 unspecified atom stereocenters. The van der Waals surface area contributed by atoms with E-state index in [0.717, 1.165) is 5.69 Å². The van der Waals surface area contributed by atoms with Crippen LogP contribution in [0.4, 0.5) is 10.1 Å². The maximum absolute atomic E-state index is 12.8. The molecule has 108 valence electrons. The molecule has 0 saturated carbocycles. The molecule has 0 aromatic heterocycles. The zero-order chi connectivity index (χ0) is 15.2. The van der Waals surface area contributed by atoms with Crippen LogP contribution in [0.1, 0.15) is 17.3 Å². The van der Waals surface area contributed by atoms with Crippen LogP contribution in [0.2, 0.25) is 0 Å². The summed E-state index contributed by atoms with van der Waals surface area (Å²) < 4.78 is 17.9. The number of nitrogens with one attached hydrogen (secondary N) is 1. The van der Waals surface area contributed by atoms with Gasteiger partial charge in [-0.05, 0) is 55.5 Å². The van der Waals surface area contributed by atoms with Gasteiger partial charge >= 0.3 is 0 Å². The second kappa shape index (κ2) is 6.70. The smallest absolute Gasteiger partial charge is 0.187 e. The number of allylic oxidation sites excluding steroid dienone is 2. The van der Waals surface area contributed by atoms with Crippen molar-refractivity contribution in [3.63, 3.8) is 0 Å². The molecule has 2 aromatic carbocycles. The Bertz CT molecular complexity index is 645. The van der Waals surface area contributed by atoms with Crippen LogP contribution in [0, 0.1) is 5.82 Å². The molecule has 0 bridgehead atoms. The third-order valence-electron chi connectivity index (χ3n) is 2.91. The van der Waals surface area contributed by atoms with Crippen molar-refractivity contribution in [3.8, 4) is 5.75 Å². The summed E-state index contributed by atoms with van der Waals surface area (Å²) in [5.74, 6) is 0.304. The monoisotopic (exact) mass is 285 g/mol. The average molecular weight is 285 g/mol. The number of halogens is 1. The summed E-state index contributed by atoms with van der Waals surface area (Å²) in [7, 11) is 1.58. The molecule has 0 aliphatic carbocycles. The molecule has 0 fully saturated rings. The molecule has 0 spiro atoms. The van der Waals surface area contributed by atoms with E-state index in [1.807, 2.05) is 0 Å². The number of methoxy groups -OCH3 is 1. The normalized spacial score (nSPS) is 11.1. The Morgan fingerprint density at radius 1 is 1.10 bits per heavy atom. The Morgan fingerprint density at radius 2 is 1.71 bits per heavy atom. The first-order valence-corrected chi connectivity index (χ1v) is 6.48. The zero-order valence-electron chi connectivity index (χ0n) is 11.9. The lowest BCUT2D eigenvalue weighted by molar-refractivity contribution is 0.104. The Morgan fingerprint density at radius 3 is 2.29 bits per heavy atom. The van der Waals surface area contributed by atoms with Crippen LogP contribution in [-0.2, 0) is 0 Å². The first kappa shape index (κ1) is 14.8. The molecule has 2 aromatic rings. The molecule has 0 heterocycles. The lowest BCUT2D eigenvalue weighted by Crippen LogP contribution is -2.01. The van der Waals surface area contributed by atoms with Crippen molar-refractivity contribution in [2.24, 2.45) is 0 Å². The van der Waals surface area contributed by atoms with E-state index in [4.69, 9.17) is 4.74 Å². The molecular formula is C17H16FNO2. The predicted octanol–water partition coefficient (Wildman–Crippen LogP) is 4.03. The van der Waals surface area contributed by atoms with Gasteiger partial charge in [0.15, 0.2) is 5.78 Å². The van der Waals surface area contributed by atoms with Gasteiger partial charge in [-0.3, -0.25) is 4.79 Å². The van der Waals surface area contributed by atoms with Crippen molar-refractivity contribution in [2.75, 3.05) is 12.4 Å². The fourth-order valence-corrected chi connectivity index (χ4v) is 1.83. The van der Waals surface area contributed by atoms with E-state index >= 15 is 0 Å². The van der Waals surface area contributed by atoms with Gasteiger partial charge in [-0.1, -0.05) is 0 Å². The molecule has 0 radical (unpaired) electrons. The van der Waals surface area contributed by atoms with Gasteiger partial charge in [-0.15, -0.1) is 0 Å². The summed E-state index contributed by atoms with van der Waals surface area (Å²) in [6, 6.07) is 12.9. The summed E-state index contributed by atoms with van der Waals surface area (Å²) in [4.78, 5) is 12.1. The fourth-order valence-electron chi connectivity index (χ4n) is 1.83. The van der Waals surface area contributed by atoms with Gasteiger partial charge in [0.2, 0.25) is 0 Å². The topological polar surface area (TPSA) is 38.3 Å². The number of ether oxygens (including phenoxy) is 1. The highest BCUT2D eigenvalue weighted by Crippen LogP contribution is 2.14. The minimum absolute atomic E-state index is 0.107. The second-order valence-corrected chi connectivity index (χ2v) is 4.55. The third-order valence-corrected chi connectivity index (χ3v) is 2.91. The van der Waals surface area contributed by atoms with Crippen molar-refractivity contribution < 1.29 is 13.9 Å². The fraction of sp³-hybridized carbons (Fsp3) is 0.118. The van der Waals surface area contributed by atoms with Gasteiger partial charge < -0.3 is 10.1 Å². The number of carbonyl (C=O) groups excluding carboxylic acids is 1. The maximum atomic E-state index is 12.8. The second-order valence-electron chi connectivity index (χ2n) is 4.55. The maximum Gasteiger partial charge on any atom is 0.187 e. The standard InChI is InChI=1S/C17H16FNO2/c1-12(19-15-7-5-14(18)6-8-15)11-17(20)13-3-9-16(21-2)10-4-13/h3-11,19H,1-2H3/b12-11-. The highest BCUT2D eigenvalue weighted by molar-refractivity contribution is 6.05. The molecule has 0 saturated heterocycles. The SMILES string of the molecule is COc1ccc(C(=O)/C=C(/C)Nc2ccc(F)cc2)cc1. The van der Waals surface area contributed by atoms with Crippen LogP contribution in [0.25, 0.3) is 0 Å². The van der Waals surface area contributed by atoms with Crippen LogP contribution in [0.5, 0.6) is 5.75 Å². The third kappa shape index (κ3) is 4.18. The van der Waals surface area contributed by atoms with Crippen molar-refractivity contribution >= 4 is 11.5 Å². The summed E-state index contributed by atoms with van der Waals surface area (Å²) >= 11 is 0. The van der Waals surface area contributed by atoms with E-state index in [-0.39, 0.29) is 11.6 Å². The van der Waals surface area contributed by atoms with E-state index < -0.39 is 0 Å². The quantitative estimate of drug-likeness (QED) is 0.665. The van der Waals surface area contributed by atoms with Crippen molar-refractivity contribution in [2.45, 2.75) is 6.92 Å². The highest BCUT2D eigenvalue weighted by atomic mass is 19.1. The summed E-state index contributed by atoms with van der Waals surface area (Å²) in [6.45, 7) is 1.78. The van der Waals surface area contributed by atoms with Crippen LogP contribution >= 0.6 is 0 Å². The lowest BCUT2D eigenvalue weighted by Gasteiger charge is -2.06. The zero-order valence-corrected chi connectivity index (χ0v) is 11.9. The number of rotatable bonds is 5. The molecule has 21 heavy (non-hydrogen) atoms. The first-order chi connectivity index (χ1) is 10.1. The number of carbonyl (C=O) groups is 1. The van der Waals surface area contributed by atoms with E-state index in [0.29, 0.717) is 17.0 Å². The summed E-state index contributed by atoms with van der Waals surface area (Å²) in [5, 5.41) is 3.04. The number of ketones is 1. The minimum atomic E-state index is -0.295. The van der Waals surface area contributed by atoms with E-state index in [9.17, 15) is 9.18 Å². The Labute approximate surface area is 123 Å². The average Bonchev–Trinajstić information content (AvgIpc) is 2.49. The number of hydrogen-bond donors (Lipinski definition) is 1. The van der Waals surface area contributed by atoms with E-state index in [1.165, 1.54) is 18.2 Å². The first-order valence-electron chi connectivity index (χ1n) is 6.48. The van der Waals surface area contributed by atoms with Gasteiger partial charge in [0, 0.05) is 23.0 Å². The van der Waals surface area contributed by atoms with Gasteiger partial charge in [0.1, 0.15) is 11.6 Å². The molecule has 4 heteroatoms. The van der Waals surface area contributed by atoms with E-state index in [2.05, 4.69) is 5.32 Å². The Balaban J connectivity index is 2.06. The number of hydrogen-bond acceptors (Lipinski definition) is 3. The molecule has 0 amide bonds. The van der Waals surface area contributed by atoms with Crippen LogP contribution in [-0.4, -0.2) is 12.9 Å². The van der Waals surface area contributed by atoms with Gasteiger partial charge in [0.25, 0.3) is 0 Å². The van der Waals surface area contributed by atoms with Gasteiger partial charge in [-0.2, -0.15) is 0 Å². The van der Waals surface area contributed by atoms with Crippen LogP contribution < -0.4 is 10.1 Å². The van der Waals surface area contributed by atoms with Crippen molar-refractivity contribution in [1.82, 2.24) is 0 Å². The van der Waals surface area contributed by atoms with Crippen molar-refractivity contribution in [1.29, 1.82) is 0 Å². The number of benzene rings is 2. The molecular weight excluding hydrogens is 269 g/mol. The van der Waals surface area contributed by atoms with E-state index in [1.54, 1.807) is 50.4 Å². The Kier molecular flexibility index (Phi) is 4.72. The number of anilines is 1. The minimum Gasteiger partial charge on any atom is -0.497 e. The lowest BCUT2D eigenvalue weighted by atomic mass is 10.1. The van der Waals surface area contributed by atoms with Crippen LogP contribution in [0.15, 0.2) is 60.3 Å². The van der Waals surface area contributed by atoms with Crippen LogP contribution in [0.3, 0.4) is 0 Å². The molecule has 3 nitrogen and oxygen atoms in total. The summed E-state index contributed by atoms with van der Waals surface area (Å²) in [5.41, 5.74) is 1.99. The van der Waals surface area contributed by atoms with Gasteiger partial charge in [0.05, 0.1) is 7.11 Å². The largest absolute Gasteiger partial charge is 0.497 e. The molecule has 0 atom stereocenters. The highest BCUT2D eigenvalue weighted by Gasteiger charge is 2.04. The van der Waals surface area contributed by atoms with Gasteiger partial charge in [-0.25, -0.2) is 4.39 Å². The molecule has 0 aliphatic rings. The molecule has 2 rings (SSSR count). The molecule has 1 N–H and O–H groups in total. The van der Waals surface area contributed by atoms with Crippen molar-refractivity contribution in [3.05, 3.63) is 71.7 Å². The Hall–Kier alpha value is -2.62. The summed E-state index contributed by atoms with van der Waals surface area (Å²) in [6.07, 6.45) is 1.51. The predicted molar refractivity (Wildman–Crippen MR) is 81.1 cm³/mol. The molecule has 0 aliphatic heterocycles.